The topological polar surface area (TPSA) is 67.5 Å². The fourth-order valence-electron chi connectivity index (χ4n) is 3.21. The second-order valence-electron chi connectivity index (χ2n) is 6.41. The summed E-state index contributed by atoms with van der Waals surface area (Å²) in [6.07, 6.45) is -0.214. The van der Waals surface area contributed by atoms with Gasteiger partial charge in [-0.1, -0.05) is 23.7 Å². The van der Waals surface area contributed by atoms with Crippen molar-refractivity contribution < 1.29 is 14.3 Å². The fourth-order valence-corrected chi connectivity index (χ4v) is 3.40. The van der Waals surface area contributed by atoms with Gasteiger partial charge in [0.05, 0.1) is 17.8 Å². The lowest BCUT2D eigenvalue weighted by molar-refractivity contribution is -0.136. The molecule has 28 heavy (non-hydrogen) atoms. The molecule has 7 heteroatoms. The first-order valence-corrected chi connectivity index (χ1v) is 8.93. The molecule has 0 atom stereocenters. The number of benzene rings is 2. The molecule has 0 saturated carbocycles. The number of nitrogens with zero attached hydrogens (tertiary/aromatic N) is 3. The Labute approximate surface area is 165 Å². The minimum Gasteiger partial charge on any atom is -0.481 e. The molecule has 0 aliphatic carbocycles. The highest BCUT2D eigenvalue weighted by Crippen LogP contribution is 2.30. The van der Waals surface area contributed by atoms with E-state index in [0.29, 0.717) is 38.9 Å². The average molecular weight is 396 g/mol. The van der Waals surface area contributed by atoms with E-state index in [1.54, 1.807) is 35.7 Å². The van der Waals surface area contributed by atoms with Gasteiger partial charge in [-0.15, -0.1) is 0 Å². The zero-order chi connectivity index (χ0) is 19.8. The van der Waals surface area contributed by atoms with Crippen molar-refractivity contribution in [1.82, 2.24) is 14.6 Å². The summed E-state index contributed by atoms with van der Waals surface area (Å²) in [5.41, 5.74) is 4.41. The van der Waals surface area contributed by atoms with E-state index in [4.69, 9.17) is 11.6 Å². The van der Waals surface area contributed by atoms with Crippen LogP contribution in [0.3, 0.4) is 0 Å². The van der Waals surface area contributed by atoms with Gasteiger partial charge in [0.1, 0.15) is 5.82 Å². The molecule has 0 aliphatic heterocycles. The van der Waals surface area contributed by atoms with Gasteiger partial charge in [0, 0.05) is 33.5 Å². The summed E-state index contributed by atoms with van der Waals surface area (Å²) in [7, 11) is 0. The number of carboxylic acid groups (broad SMARTS) is 1. The molecule has 4 rings (SSSR count). The van der Waals surface area contributed by atoms with E-state index in [9.17, 15) is 14.3 Å². The standard InChI is InChI=1S/C21H15ClFN3O2/c1-12-17(10-20(27)28)21(13-5-7-16(23)8-6-13)26-19(24-12)11-18(25-26)14-3-2-4-15(22)9-14/h2-9,11H,10H2,1H3,(H,27,28). The van der Waals surface area contributed by atoms with Gasteiger partial charge in [0.15, 0.2) is 5.65 Å². The summed E-state index contributed by atoms with van der Waals surface area (Å²) < 4.78 is 15.0. The molecule has 2 aromatic carbocycles. The van der Waals surface area contributed by atoms with E-state index in [2.05, 4.69) is 10.1 Å². The number of aryl methyl sites for hydroxylation is 1. The van der Waals surface area contributed by atoms with Crippen LogP contribution >= 0.6 is 11.6 Å². The first-order valence-electron chi connectivity index (χ1n) is 8.55. The number of fused-ring (bicyclic) bond motifs is 1. The Morgan fingerprint density at radius 3 is 2.57 bits per heavy atom. The molecule has 0 aliphatic rings. The van der Waals surface area contributed by atoms with Crippen LogP contribution in [0.1, 0.15) is 11.3 Å². The van der Waals surface area contributed by atoms with Crippen LogP contribution in [0.25, 0.3) is 28.2 Å². The second kappa shape index (κ2) is 7.05. The normalized spacial score (nSPS) is 11.1. The summed E-state index contributed by atoms with van der Waals surface area (Å²) in [6.45, 7) is 1.76. The number of carbonyl (C=O) groups is 1. The van der Waals surface area contributed by atoms with Crippen LogP contribution in [0.4, 0.5) is 4.39 Å². The second-order valence-corrected chi connectivity index (χ2v) is 6.85. The monoisotopic (exact) mass is 395 g/mol. The number of rotatable bonds is 4. The molecule has 0 amide bonds. The summed E-state index contributed by atoms with van der Waals surface area (Å²) in [5, 5.41) is 14.6. The molecular weight excluding hydrogens is 381 g/mol. The Bertz CT molecular complexity index is 1200. The van der Waals surface area contributed by atoms with Crippen LogP contribution in [0.5, 0.6) is 0 Å². The first-order chi connectivity index (χ1) is 13.4. The fraction of sp³-hybridized carbons (Fsp3) is 0.0952. The van der Waals surface area contributed by atoms with Crippen molar-refractivity contribution >= 4 is 23.2 Å². The molecule has 0 saturated heterocycles. The Morgan fingerprint density at radius 2 is 1.89 bits per heavy atom. The quantitative estimate of drug-likeness (QED) is 0.539. The van der Waals surface area contributed by atoms with Crippen LogP contribution in [-0.2, 0) is 11.2 Å². The maximum absolute atomic E-state index is 13.4. The van der Waals surface area contributed by atoms with E-state index in [-0.39, 0.29) is 12.2 Å². The van der Waals surface area contributed by atoms with Crippen LogP contribution in [0.2, 0.25) is 5.02 Å². The maximum atomic E-state index is 13.4. The molecule has 1 N–H and O–H groups in total. The molecule has 4 aromatic rings. The molecule has 0 unspecified atom stereocenters. The van der Waals surface area contributed by atoms with E-state index in [1.807, 2.05) is 18.2 Å². The summed E-state index contributed by atoms with van der Waals surface area (Å²) in [5.74, 6) is -1.35. The van der Waals surface area contributed by atoms with E-state index >= 15 is 0 Å². The maximum Gasteiger partial charge on any atom is 0.307 e. The van der Waals surface area contributed by atoms with Gasteiger partial charge < -0.3 is 5.11 Å². The number of carboxylic acids is 1. The summed E-state index contributed by atoms with van der Waals surface area (Å²) in [6, 6.07) is 15.0. The molecule has 2 aromatic heterocycles. The van der Waals surface area contributed by atoms with Crippen molar-refractivity contribution in [2.75, 3.05) is 0 Å². The van der Waals surface area contributed by atoms with Crippen molar-refractivity contribution in [1.29, 1.82) is 0 Å². The highest BCUT2D eigenvalue weighted by molar-refractivity contribution is 6.30. The Kier molecular flexibility index (Phi) is 4.57. The van der Waals surface area contributed by atoms with Crippen molar-refractivity contribution in [3.63, 3.8) is 0 Å². The molecule has 0 radical (unpaired) electrons. The van der Waals surface area contributed by atoms with Gasteiger partial charge >= 0.3 is 5.97 Å². The Hall–Kier alpha value is -3.25. The molecule has 140 valence electrons. The van der Waals surface area contributed by atoms with Crippen molar-refractivity contribution in [3.8, 4) is 22.5 Å². The number of aromatic nitrogens is 3. The molecule has 5 nitrogen and oxygen atoms in total. The predicted octanol–water partition coefficient (Wildman–Crippen LogP) is 4.79. The van der Waals surface area contributed by atoms with Crippen molar-refractivity contribution in [2.24, 2.45) is 0 Å². The van der Waals surface area contributed by atoms with E-state index < -0.39 is 5.97 Å². The van der Waals surface area contributed by atoms with Gasteiger partial charge in [0.25, 0.3) is 0 Å². The number of hydrogen-bond donors (Lipinski definition) is 1. The molecular formula is C21H15ClFN3O2. The Balaban J connectivity index is 2.01. The van der Waals surface area contributed by atoms with Gasteiger partial charge in [0.2, 0.25) is 0 Å². The van der Waals surface area contributed by atoms with Crippen molar-refractivity contribution in [3.05, 3.63) is 76.7 Å². The van der Waals surface area contributed by atoms with Crippen LogP contribution in [-0.4, -0.2) is 25.7 Å². The third kappa shape index (κ3) is 3.34. The highest BCUT2D eigenvalue weighted by Gasteiger charge is 2.19. The van der Waals surface area contributed by atoms with Crippen LogP contribution in [0.15, 0.2) is 54.6 Å². The molecule has 0 spiro atoms. The van der Waals surface area contributed by atoms with E-state index in [1.165, 1.54) is 12.1 Å². The molecule has 2 heterocycles. The number of aliphatic carboxylic acids is 1. The van der Waals surface area contributed by atoms with Crippen LogP contribution in [0, 0.1) is 12.7 Å². The first kappa shape index (κ1) is 18.1. The van der Waals surface area contributed by atoms with Gasteiger partial charge in [-0.05, 0) is 43.3 Å². The molecule has 0 fully saturated rings. The van der Waals surface area contributed by atoms with Gasteiger partial charge in [-0.2, -0.15) is 5.10 Å². The third-order valence-electron chi connectivity index (χ3n) is 4.47. The lowest BCUT2D eigenvalue weighted by Crippen LogP contribution is -2.10. The van der Waals surface area contributed by atoms with Crippen LogP contribution < -0.4 is 0 Å². The van der Waals surface area contributed by atoms with Crippen molar-refractivity contribution in [2.45, 2.75) is 13.3 Å². The zero-order valence-electron chi connectivity index (χ0n) is 14.9. The summed E-state index contributed by atoms with van der Waals surface area (Å²) >= 11 is 6.09. The minimum atomic E-state index is -0.977. The SMILES string of the molecule is Cc1nc2cc(-c3cccc(Cl)c3)nn2c(-c2ccc(F)cc2)c1CC(=O)O. The number of hydrogen-bond acceptors (Lipinski definition) is 3. The van der Waals surface area contributed by atoms with Gasteiger partial charge in [-0.3, -0.25) is 4.79 Å². The molecule has 0 bridgehead atoms. The zero-order valence-corrected chi connectivity index (χ0v) is 15.6. The highest BCUT2D eigenvalue weighted by atomic mass is 35.5. The smallest absolute Gasteiger partial charge is 0.307 e. The number of halogens is 2. The Morgan fingerprint density at radius 1 is 1.14 bits per heavy atom. The van der Waals surface area contributed by atoms with E-state index in [0.717, 1.165) is 5.56 Å². The average Bonchev–Trinajstić information content (AvgIpc) is 3.06. The largest absolute Gasteiger partial charge is 0.481 e. The van der Waals surface area contributed by atoms with Gasteiger partial charge in [-0.25, -0.2) is 13.9 Å². The lowest BCUT2D eigenvalue weighted by Gasteiger charge is -2.13. The predicted molar refractivity (Wildman–Crippen MR) is 105 cm³/mol. The summed E-state index contributed by atoms with van der Waals surface area (Å²) in [4.78, 5) is 16.0. The third-order valence-corrected chi connectivity index (χ3v) is 4.71. The minimum absolute atomic E-state index is 0.214. The lowest BCUT2D eigenvalue weighted by atomic mass is 10.0.